The van der Waals surface area contributed by atoms with Crippen LogP contribution in [0.2, 0.25) is 0 Å². The van der Waals surface area contributed by atoms with Crippen LogP contribution in [0, 0.1) is 5.82 Å². The molecule has 1 saturated carbocycles. The number of methoxy groups -OCH3 is 1. The van der Waals surface area contributed by atoms with Gasteiger partial charge in [0.1, 0.15) is 11.6 Å². The third-order valence-corrected chi connectivity index (χ3v) is 3.31. The van der Waals surface area contributed by atoms with Crippen LogP contribution in [0.1, 0.15) is 18.4 Å². The molecule has 2 rings (SSSR count). The highest BCUT2D eigenvalue weighted by molar-refractivity contribution is 5.43. The highest BCUT2D eigenvalue weighted by Crippen LogP contribution is 2.55. The minimum atomic E-state index is -2.76. The largest absolute Gasteiger partial charge is 0.496 e. The Kier molecular flexibility index (Phi) is 2.81. The van der Waals surface area contributed by atoms with Gasteiger partial charge in [0.05, 0.1) is 7.11 Å². The van der Waals surface area contributed by atoms with Crippen LogP contribution in [0.3, 0.4) is 0 Å². The molecule has 0 spiro atoms. The number of ether oxygens (including phenoxy) is 1. The van der Waals surface area contributed by atoms with Crippen LogP contribution >= 0.6 is 0 Å². The summed E-state index contributed by atoms with van der Waals surface area (Å²) in [6.07, 6.45) is -0.846. The molecule has 2 nitrogen and oxygen atoms in total. The van der Waals surface area contributed by atoms with Crippen molar-refractivity contribution in [2.45, 2.75) is 24.2 Å². The second-order valence-electron chi connectivity index (χ2n) is 4.51. The van der Waals surface area contributed by atoms with Crippen molar-refractivity contribution in [2.24, 2.45) is 5.73 Å². The molecule has 94 valence electrons. The summed E-state index contributed by atoms with van der Waals surface area (Å²) in [5.41, 5.74) is 4.74. The zero-order valence-corrected chi connectivity index (χ0v) is 9.47. The van der Waals surface area contributed by atoms with Crippen molar-refractivity contribution in [3.05, 3.63) is 29.6 Å². The molecule has 0 aliphatic heterocycles. The summed E-state index contributed by atoms with van der Waals surface area (Å²) >= 11 is 0. The fourth-order valence-electron chi connectivity index (χ4n) is 2.55. The van der Waals surface area contributed by atoms with E-state index in [0.29, 0.717) is 0 Å². The molecule has 5 heteroatoms. The van der Waals surface area contributed by atoms with E-state index in [0.717, 1.165) is 0 Å². The van der Waals surface area contributed by atoms with E-state index < -0.39 is 30.0 Å². The Morgan fingerprint density at radius 2 is 2.00 bits per heavy atom. The molecule has 0 bridgehead atoms. The molecular weight excluding hydrogens is 231 g/mol. The Labute approximate surface area is 97.6 Å². The van der Waals surface area contributed by atoms with Crippen LogP contribution in [0.25, 0.3) is 0 Å². The Bertz CT molecular complexity index is 426. The standard InChI is InChI=1S/C12H14F3NO/c1-17-9-4-2-3-8(13)10(9)11(7-16)5-12(14,15)6-11/h2-4H,5-7,16H2,1H3. The monoisotopic (exact) mass is 245 g/mol. The molecule has 0 atom stereocenters. The molecule has 1 aliphatic rings. The van der Waals surface area contributed by atoms with Gasteiger partial charge in [0.2, 0.25) is 5.92 Å². The second-order valence-corrected chi connectivity index (χ2v) is 4.51. The predicted molar refractivity (Wildman–Crippen MR) is 57.9 cm³/mol. The summed E-state index contributed by atoms with van der Waals surface area (Å²) in [5, 5.41) is 0. The average molecular weight is 245 g/mol. The van der Waals surface area contributed by atoms with Crippen LogP contribution in [-0.4, -0.2) is 19.6 Å². The molecular formula is C12H14F3NO. The van der Waals surface area contributed by atoms with Crippen LogP contribution < -0.4 is 10.5 Å². The number of benzene rings is 1. The van der Waals surface area contributed by atoms with Gasteiger partial charge in [-0.25, -0.2) is 13.2 Å². The number of alkyl halides is 2. The summed E-state index contributed by atoms with van der Waals surface area (Å²) < 4.78 is 45.0. The quantitative estimate of drug-likeness (QED) is 0.887. The number of nitrogens with two attached hydrogens (primary N) is 1. The van der Waals surface area contributed by atoms with Crippen molar-refractivity contribution < 1.29 is 17.9 Å². The number of hydrogen-bond donors (Lipinski definition) is 1. The van der Waals surface area contributed by atoms with Gasteiger partial charge in [-0.15, -0.1) is 0 Å². The zero-order valence-electron chi connectivity index (χ0n) is 9.47. The van der Waals surface area contributed by atoms with E-state index in [4.69, 9.17) is 10.5 Å². The summed E-state index contributed by atoms with van der Waals surface area (Å²) in [7, 11) is 1.39. The van der Waals surface area contributed by atoms with Gasteiger partial charge in [-0.1, -0.05) is 6.07 Å². The minimum absolute atomic E-state index is 0.0140. The van der Waals surface area contributed by atoms with Crippen LogP contribution in [0.5, 0.6) is 5.75 Å². The first-order valence-corrected chi connectivity index (χ1v) is 5.35. The molecule has 1 aromatic carbocycles. The molecule has 0 heterocycles. The molecule has 17 heavy (non-hydrogen) atoms. The average Bonchev–Trinajstić information content (AvgIpc) is 2.25. The molecule has 2 N–H and O–H groups in total. The van der Waals surface area contributed by atoms with Crippen molar-refractivity contribution in [1.29, 1.82) is 0 Å². The first kappa shape index (κ1) is 12.2. The summed E-state index contributed by atoms with van der Waals surface area (Å²) in [5.74, 6) is -3.01. The molecule has 0 amide bonds. The lowest BCUT2D eigenvalue weighted by molar-refractivity contribution is -0.125. The van der Waals surface area contributed by atoms with Crippen molar-refractivity contribution >= 4 is 0 Å². The van der Waals surface area contributed by atoms with E-state index in [2.05, 4.69) is 0 Å². The van der Waals surface area contributed by atoms with Gasteiger partial charge in [-0.3, -0.25) is 0 Å². The smallest absolute Gasteiger partial charge is 0.250 e. The number of hydrogen-bond acceptors (Lipinski definition) is 2. The highest BCUT2D eigenvalue weighted by atomic mass is 19.3. The number of halogens is 3. The van der Waals surface area contributed by atoms with Gasteiger partial charge in [0, 0.05) is 30.4 Å². The SMILES string of the molecule is COc1cccc(F)c1C1(CN)CC(F)(F)C1. The van der Waals surface area contributed by atoms with Crippen LogP contribution in [0.15, 0.2) is 18.2 Å². The second kappa shape index (κ2) is 3.91. The van der Waals surface area contributed by atoms with E-state index in [1.54, 1.807) is 6.07 Å². The topological polar surface area (TPSA) is 35.2 Å². The van der Waals surface area contributed by atoms with E-state index in [1.807, 2.05) is 0 Å². The van der Waals surface area contributed by atoms with Crippen LogP contribution in [-0.2, 0) is 5.41 Å². The van der Waals surface area contributed by atoms with Gasteiger partial charge < -0.3 is 10.5 Å². The molecule has 0 saturated heterocycles. The van der Waals surface area contributed by atoms with E-state index in [9.17, 15) is 13.2 Å². The van der Waals surface area contributed by atoms with Crippen molar-refractivity contribution in [2.75, 3.05) is 13.7 Å². The molecule has 1 aromatic rings. The summed E-state index contributed by atoms with van der Waals surface area (Å²) in [6.45, 7) is -0.0140. The van der Waals surface area contributed by atoms with Crippen molar-refractivity contribution in [3.8, 4) is 5.75 Å². The minimum Gasteiger partial charge on any atom is -0.496 e. The molecule has 1 aliphatic carbocycles. The Morgan fingerprint density at radius 1 is 1.35 bits per heavy atom. The molecule has 0 aromatic heterocycles. The van der Waals surface area contributed by atoms with Gasteiger partial charge in [-0.05, 0) is 12.1 Å². The van der Waals surface area contributed by atoms with Gasteiger partial charge in [0.15, 0.2) is 0 Å². The summed E-state index contributed by atoms with van der Waals surface area (Å²) in [4.78, 5) is 0. The lowest BCUT2D eigenvalue weighted by atomic mass is 9.61. The van der Waals surface area contributed by atoms with Gasteiger partial charge in [0.25, 0.3) is 0 Å². The zero-order chi connectivity index (χ0) is 12.7. The first-order valence-electron chi connectivity index (χ1n) is 5.35. The first-order chi connectivity index (χ1) is 7.94. The highest BCUT2D eigenvalue weighted by Gasteiger charge is 2.58. The van der Waals surface area contributed by atoms with E-state index in [1.165, 1.54) is 19.2 Å². The third-order valence-electron chi connectivity index (χ3n) is 3.31. The Morgan fingerprint density at radius 3 is 2.47 bits per heavy atom. The number of rotatable bonds is 3. The Hall–Kier alpha value is -1.23. The van der Waals surface area contributed by atoms with Crippen molar-refractivity contribution in [3.63, 3.8) is 0 Å². The fourth-order valence-corrected chi connectivity index (χ4v) is 2.55. The van der Waals surface area contributed by atoms with Crippen LogP contribution in [0.4, 0.5) is 13.2 Å². The normalized spacial score (nSPS) is 20.8. The van der Waals surface area contributed by atoms with Gasteiger partial charge >= 0.3 is 0 Å². The van der Waals surface area contributed by atoms with Crippen molar-refractivity contribution in [1.82, 2.24) is 0 Å². The molecule has 0 radical (unpaired) electrons. The Balaban J connectivity index is 2.46. The predicted octanol–water partition coefficient (Wildman–Crippen LogP) is 2.46. The lowest BCUT2D eigenvalue weighted by Gasteiger charge is -2.47. The molecule has 1 fully saturated rings. The summed E-state index contributed by atoms with van der Waals surface area (Å²) in [6, 6.07) is 4.29. The maximum atomic E-state index is 13.8. The maximum Gasteiger partial charge on any atom is 0.250 e. The molecule has 0 unspecified atom stereocenters. The van der Waals surface area contributed by atoms with Gasteiger partial charge in [-0.2, -0.15) is 0 Å². The lowest BCUT2D eigenvalue weighted by Crippen LogP contribution is -2.54. The fraction of sp³-hybridized carbons (Fsp3) is 0.500. The third kappa shape index (κ3) is 1.88. The van der Waals surface area contributed by atoms with E-state index >= 15 is 0 Å². The van der Waals surface area contributed by atoms with E-state index in [-0.39, 0.29) is 17.9 Å². The maximum absolute atomic E-state index is 13.8.